The van der Waals surface area contributed by atoms with E-state index in [0.29, 0.717) is 13.0 Å². The zero-order chi connectivity index (χ0) is 10.8. The summed E-state index contributed by atoms with van der Waals surface area (Å²) in [4.78, 5) is 14.5. The minimum Gasteiger partial charge on any atom is -0.326 e. The van der Waals surface area contributed by atoms with E-state index in [1.54, 1.807) is 16.7 Å². The summed E-state index contributed by atoms with van der Waals surface area (Å²) in [5, 5.41) is 0. The first-order chi connectivity index (χ1) is 7.20. The molecule has 2 N–H and O–H groups in total. The van der Waals surface area contributed by atoms with E-state index >= 15 is 0 Å². The average molecular weight is 222 g/mol. The molecule has 0 bridgehead atoms. The number of hydrogen-bond acceptors (Lipinski definition) is 3. The molecule has 1 aromatic carbocycles. The van der Waals surface area contributed by atoms with Crippen molar-refractivity contribution in [2.75, 3.05) is 17.7 Å². The van der Waals surface area contributed by atoms with E-state index in [0.717, 1.165) is 5.69 Å². The number of rotatable bonds is 2. The molecule has 0 spiro atoms. The van der Waals surface area contributed by atoms with E-state index in [9.17, 15) is 4.79 Å². The number of thioether (sulfide) groups is 1. The Morgan fingerprint density at radius 2 is 2.07 bits per heavy atom. The minimum atomic E-state index is -0.0160. The first-order valence-electron chi connectivity index (χ1n) is 4.90. The van der Waals surface area contributed by atoms with Crippen LogP contribution in [0, 0.1) is 0 Å². The van der Waals surface area contributed by atoms with Crippen LogP contribution in [0.2, 0.25) is 0 Å². The Balaban J connectivity index is 2.19. The molecule has 15 heavy (non-hydrogen) atoms. The van der Waals surface area contributed by atoms with Gasteiger partial charge in [-0.05, 0) is 30.5 Å². The Kier molecular flexibility index (Phi) is 2.98. The first kappa shape index (κ1) is 10.5. The number of hydrogen-bond donors (Lipinski definition) is 1. The number of benzene rings is 1. The minimum absolute atomic E-state index is 0.0160. The third kappa shape index (κ3) is 2.16. The summed E-state index contributed by atoms with van der Waals surface area (Å²) in [6.07, 6.45) is 2.50. The fourth-order valence-corrected chi connectivity index (χ4v) is 2.16. The highest BCUT2D eigenvalue weighted by atomic mass is 32.2. The Hall–Kier alpha value is -1.00. The molecule has 2 rings (SSSR count). The molecule has 1 aromatic rings. The van der Waals surface area contributed by atoms with Gasteiger partial charge in [-0.3, -0.25) is 4.79 Å². The van der Waals surface area contributed by atoms with Gasteiger partial charge in [-0.2, -0.15) is 0 Å². The summed E-state index contributed by atoms with van der Waals surface area (Å²) in [7, 11) is 0. The van der Waals surface area contributed by atoms with E-state index in [4.69, 9.17) is 5.73 Å². The lowest BCUT2D eigenvalue weighted by Crippen LogP contribution is -2.27. The topological polar surface area (TPSA) is 46.3 Å². The largest absolute Gasteiger partial charge is 0.326 e. The van der Waals surface area contributed by atoms with Crippen LogP contribution in [-0.2, 0) is 4.79 Å². The molecule has 1 saturated heterocycles. The van der Waals surface area contributed by atoms with E-state index < -0.39 is 0 Å². The number of nitrogens with zero attached hydrogens (tertiary/aromatic N) is 1. The maximum atomic E-state index is 11.6. The monoisotopic (exact) mass is 222 g/mol. The summed E-state index contributed by atoms with van der Waals surface area (Å²) in [5.41, 5.74) is 6.69. The molecule has 4 heteroatoms. The Morgan fingerprint density at radius 1 is 1.40 bits per heavy atom. The molecule has 1 atom stereocenters. The van der Waals surface area contributed by atoms with Crippen molar-refractivity contribution in [3.05, 3.63) is 24.3 Å². The highest BCUT2D eigenvalue weighted by Gasteiger charge is 2.27. The zero-order valence-corrected chi connectivity index (χ0v) is 9.46. The molecular formula is C11H14N2OS. The van der Waals surface area contributed by atoms with Crippen molar-refractivity contribution >= 4 is 23.4 Å². The maximum Gasteiger partial charge on any atom is 0.228 e. The molecule has 80 valence electrons. The first-order valence-corrected chi connectivity index (χ1v) is 6.13. The smallest absolute Gasteiger partial charge is 0.228 e. The van der Waals surface area contributed by atoms with E-state index in [2.05, 4.69) is 0 Å². The Morgan fingerprint density at radius 3 is 2.53 bits per heavy atom. The van der Waals surface area contributed by atoms with Gasteiger partial charge in [-0.25, -0.2) is 0 Å². The summed E-state index contributed by atoms with van der Waals surface area (Å²) in [6.45, 7) is 0.636. The van der Waals surface area contributed by atoms with E-state index in [-0.39, 0.29) is 11.9 Å². The summed E-state index contributed by atoms with van der Waals surface area (Å²) < 4.78 is 0. The lowest BCUT2D eigenvalue weighted by atomic mass is 10.3. The second-order valence-electron chi connectivity index (χ2n) is 3.67. The maximum absolute atomic E-state index is 11.6. The third-order valence-electron chi connectivity index (χ3n) is 2.54. The molecule has 0 radical (unpaired) electrons. The average Bonchev–Trinajstić information content (AvgIpc) is 2.58. The SMILES string of the molecule is CSc1ccc(N2CC(N)CC2=O)cc1. The van der Waals surface area contributed by atoms with Gasteiger partial charge < -0.3 is 10.6 Å². The summed E-state index contributed by atoms with van der Waals surface area (Å²) >= 11 is 1.69. The lowest BCUT2D eigenvalue weighted by molar-refractivity contribution is -0.117. The predicted molar refractivity (Wildman–Crippen MR) is 63.2 cm³/mol. The molecule has 0 aromatic heterocycles. The molecule has 1 aliphatic rings. The molecule has 1 heterocycles. The van der Waals surface area contributed by atoms with Crippen LogP contribution < -0.4 is 10.6 Å². The van der Waals surface area contributed by atoms with Gasteiger partial charge in [-0.15, -0.1) is 11.8 Å². The van der Waals surface area contributed by atoms with Gasteiger partial charge in [0.15, 0.2) is 0 Å². The number of carbonyl (C=O) groups excluding carboxylic acids is 1. The van der Waals surface area contributed by atoms with E-state index in [1.165, 1.54) is 4.90 Å². The summed E-state index contributed by atoms with van der Waals surface area (Å²) in [5.74, 6) is 0.124. The number of amides is 1. The van der Waals surface area contributed by atoms with Crippen LogP contribution in [0.3, 0.4) is 0 Å². The van der Waals surface area contributed by atoms with Crippen LogP contribution in [0.25, 0.3) is 0 Å². The fourth-order valence-electron chi connectivity index (χ4n) is 1.75. The van der Waals surface area contributed by atoms with Crippen LogP contribution in [0.1, 0.15) is 6.42 Å². The van der Waals surface area contributed by atoms with Crippen molar-refractivity contribution in [3.63, 3.8) is 0 Å². The third-order valence-corrected chi connectivity index (χ3v) is 3.28. The van der Waals surface area contributed by atoms with Crippen LogP contribution in [0.5, 0.6) is 0 Å². The lowest BCUT2D eigenvalue weighted by Gasteiger charge is -2.16. The van der Waals surface area contributed by atoms with Crippen molar-refractivity contribution in [2.45, 2.75) is 17.4 Å². The molecule has 1 fully saturated rings. The normalized spacial score (nSPS) is 21.1. The second kappa shape index (κ2) is 4.24. The molecular weight excluding hydrogens is 208 g/mol. The Labute approximate surface area is 93.6 Å². The molecule has 1 aliphatic heterocycles. The highest BCUT2D eigenvalue weighted by Crippen LogP contribution is 2.23. The van der Waals surface area contributed by atoms with Gasteiger partial charge in [0.2, 0.25) is 5.91 Å². The van der Waals surface area contributed by atoms with Crippen molar-refractivity contribution in [3.8, 4) is 0 Å². The molecule has 0 aliphatic carbocycles. The number of anilines is 1. The van der Waals surface area contributed by atoms with Crippen molar-refractivity contribution in [2.24, 2.45) is 5.73 Å². The zero-order valence-electron chi connectivity index (χ0n) is 8.64. The Bertz CT molecular complexity index is 363. The molecule has 0 saturated carbocycles. The van der Waals surface area contributed by atoms with Gasteiger partial charge in [0, 0.05) is 29.6 Å². The van der Waals surface area contributed by atoms with Gasteiger partial charge in [-0.1, -0.05) is 0 Å². The van der Waals surface area contributed by atoms with Crippen molar-refractivity contribution < 1.29 is 4.79 Å². The fraction of sp³-hybridized carbons (Fsp3) is 0.364. The summed E-state index contributed by atoms with van der Waals surface area (Å²) in [6, 6.07) is 7.98. The predicted octanol–water partition coefficient (Wildman–Crippen LogP) is 1.47. The quantitative estimate of drug-likeness (QED) is 0.771. The molecule has 1 unspecified atom stereocenters. The molecule has 1 amide bonds. The van der Waals surface area contributed by atoms with Crippen LogP contribution in [0.15, 0.2) is 29.2 Å². The van der Waals surface area contributed by atoms with Gasteiger partial charge in [0.25, 0.3) is 0 Å². The highest BCUT2D eigenvalue weighted by molar-refractivity contribution is 7.98. The molecule has 3 nitrogen and oxygen atoms in total. The van der Waals surface area contributed by atoms with Crippen LogP contribution in [0.4, 0.5) is 5.69 Å². The van der Waals surface area contributed by atoms with Gasteiger partial charge >= 0.3 is 0 Å². The van der Waals surface area contributed by atoms with E-state index in [1.807, 2.05) is 30.5 Å². The number of carbonyl (C=O) groups is 1. The van der Waals surface area contributed by atoms with Crippen LogP contribution in [-0.4, -0.2) is 24.7 Å². The standard InChI is InChI=1S/C11H14N2OS/c1-15-10-4-2-9(3-5-10)13-7-8(12)6-11(13)14/h2-5,8H,6-7,12H2,1H3. The van der Waals surface area contributed by atoms with Gasteiger partial charge in [0.1, 0.15) is 0 Å². The van der Waals surface area contributed by atoms with Gasteiger partial charge in [0.05, 0.1) is 0 Å². The van der Waals surface area contributed by atoms with Crippen molar-refractivity contribution in [1.82, 2.24) is 0 Å². The van der Waals surface area contributed by atoms with Crippen molar-refractivity contribution in [1.29, 1.82) is 0 Å². The second-order valence-corrected chi connectivity index (χ2v) is 4.55. The number of nitrogens with two attached hydrogens (primary N) is 1. The van der Waals surface area contributed by atoms with Crippen LogP contribution >= 0.6 is 11.8 Å².